The van der Waals surface area contributed by atoms with Crippen molar-refractivity contribution in [3.05, 3.63) is 52.0 Å². The van der Waals surface area contributed by atoms with Gasteiger partial charge in [0.25, 0.3) is 0 Å². The van der Waals surface area contributed by atoms with Crippen molar-refractivity contribution in [2.45, 2.75) is 25.5 Å². The Balaban J connectivity index is 1.70. The van der Waals surface area contributed by atoms with E-state index >= 15 is 0 Å². The Kier molecular flexibility index (Phi) is 6.49. The summed E-state index contributed by atoms with van der Waals surface area (Å²) >= 11 is 13.3. The van der Waals surface area contributed by atoms with Gasteiger partial charge in [0.05, 0.1) is 21.5 Å². The van der Waals surface area contributed by atoms with Gasteiger partial charge in [-0.1, -0.05) is 58.7 Å². The van der Waals surface area contributed by atoms with E-state index in [-0.39, 0.29) is 17.3 Å². The predicted molar refractivity (Wildman–Crippen MR) is 116 cm³/mol. The first-order valence-electron chi connectivity index (χ1n) is 8.56. The minimum Gasteiger partial charge on any atom is -0.396 e. The fourth-order valence-corrected chi connectivity index (χ4v) is 3.95. The lowest BCUT2D eigenvalue weighted by molar-refractivity contribution is -0.113. The van der Waals surface area contributed by atoms with Crippen LogP contribution in [-0.2, 0) is 11.3 Å². The summed E-state index contributed by atoms with van der Waals surface area (Å²) in [6.45, 7) is 4.75. The molecule has 146 valence electrons. The standard InChI is InChI=1S/C19H19Cl2N5OS/c1-3-26-18(12-6-4-5-11(2)7-12)24-25-19(26)28-10-16(27)23-13-8-14(20)17(22)15(21)9-13/h4-9H,3,10,22H2,1-2H3,(H,23,27). The van der Waals surface area contributed by atoms with Crippen LogP contribution in [0.2, 0.25) is 10.0 Å². The van der Waals surface area contributed by atoms with Gasteiger partial charge in [-0.3, -0.25) is 4.79 Å². The van der Waals surface area contributed by atoms with Crippen molar-refractivity contribution in [2.24, 2.45) is 0 Å². The number of hydrogen-bond donors (Lipinski definition) is 2. The van der Waals surface area contributed by atoms with E-state index in [1.807, 2.05) is 36.6 Å². The average Bonchev–Trinajstić information content (AvgIpc) is 3.07. The van der Waals surface area contributed by atoms with E-state index in [0.717, 1.165) is 17.0 Å². The Labute approximate surface area is 177 Å². The number of anilines is 2. The SMILES string of the molecule is CCn1c(SCC(=O)Nc2cc(Cl)c(N)c(Cl)c2)nnc1-c1cccc(C)c1. The number of carbonyl (C=O) groups is 1. The lowest BCUT2D eigenvalue weighted by Crippen LogP contribution is -2.15. The lowest BCUT2D eigenvalue weighted by atomic mass is 10.1. The molecule has 1 aromatic heterocycles. The van der Waals surface area contributed by atoms with Crippen LogP contribution in [0.15, 0.2) is 41.6 Å². The van der Waals surface area contributed by atoms with Crippen LogP contribution in [-0.4, -0.2) is 26.4 Å². The summed E-state index contributed by atoms with van der Waals surface area (Å²) in [4.78, 5) is 12.3. The molecule has 0 radical (unpaired) electrons. The first kappa shape index (κ1) is 20.5. The second-order valence-corrected chi connectivity index (χ2v) is 7.87. The van der Waals surface area contributed by atoms with Crippen molar-refractivity contribution in [1.29, 1.82) is 0 Å². The molecule has 28 heavy (non-hydrogen) atoms. The number of benzene rings is 2. The minimum atomic E-state index is -0.204. The third-order valence-electron chi connectivity index (χ3n) is 4.00. The number of nitrogen functional groups attached to an aromatic ring is 1. The van der Waals surface area contributed by atoms with Crippen molar-refractivity contribution in [2.75, 3.05) is 16.8 Å². The molecule has 0 aliphatic carbocycles. The number of hydrogen-bond acceptors (Lipinski definition) is 5. The van der Waals surface area contributed by atoms with Gasteiger partial charge in [-0.15, -0.1) is 10.2 Å². The Hall–Kier alpha value is -2.22. The molecule has 0 bridgehead atoms. The van der Waals surface area contributed by atoms with Crippen LogP contribution in [0.5, 0.6) is 0 Å². The summed E-state index contributed by atoms with van der Waals surface area (Å²) < 4.78 is 1.99. The van der Waals surface area contributed by atoms with Crippen LogP contribution in [0.25, 0.3) is 11.4 Å². The molecule has 0 unspecified atom stereocenters. The number of aromatic nitrogens is 3. The van der Waals surface area contributed by atoms with E-state index in [4.69, 9.17) is 28.9 Å². The number of amides is 1. The van der Waals surface area contributed by atoms with E-state index in [9.17, 15) is 4.79 Å². The fourth-order valence-electron chi connectivity index (χ4n) is 2.66. The third kappa shape index (κ3) is 4.60. The largest absolute Gasteiger partial charge is 0.396 e. The van der Waals surface area contributed by atoms with Crippen LogP contribution in [0.4, 0.5) is 11.4 Å². The van der Waals surface area contributed by atoms with Crippen molar-refractivity contribution in [3.8, 4) is 11.4 Å². The molecule has 0 saturated carbocycles. The number of rotatable bonds is 6. The highest BCUT2D eigenvalue weighted by Crippen LogP contribution is 2.31. The lowest BCUT2D eigenvalue weighted by Gasteiger charge is -2.09. The number of nitrogens with zero attached hydrogens (tertiary/aromatic N) is 3. The fraction of sp³-hybridized carbons (Fsp3) is 0.211. The molecule has 9 heteroatoms. The molecule has 0 spiro atoms. The molecule has 1 heterocycles. The van der Waals surface area contributed by atoms with Crippen molar-refractivity contribution in [1.82, 2.24) is 14.8 Å². The smallest absolute Gasteiger partial charge is 0.234 e. The van der Waals surface area contributed by atoms with Crippen LogP contribution >= 0.6 is 35.0 Å². The summed E-state index contributed by atoms with van der Waals surface area (Å²) in [6, 6.07) is 11.2. The molecular formula is C19H19Cl2N5OS. The molecular weight excluding hydrogens is 417 g/mol. The molecule has 3 rings (SSSR count). The van der Waals surface area contributed by atoms with Gasteiger partial charge in [0, 0.05) is 17.8 Å². The zero-order valence-corrected chi connectivity index (χ0v) is 17.7. The van der Waals surface area contributed by atoms with Gasteiger partial charge in [0.1, 0.15) is 0 Å². The van der Waals surface area contributed by atoms with Crippen molar-refractivity contribution < 1.29 is 4.79 Å². The molecule has 1 amide bonds. The third-order valence-corrected chi connectivity index (χ3v) is 5.60. The first-order chi connectivity index (χ1) is 13.4. The maximum Gasteiger partial charge on any atom is 0.234 e. The molecule has 3 aromatic rings. The number of carbonyl (C=O) groups excluding carboxylic acids is 1. The van der Waals surface area contributed by atoms with Crippen LogP contribution < -0.4 is 11.1 Å². The molecule has 0 aliphatic rings. The zero-order chi connectivity index (χ0) is 20.3. The topological polar surface area (TPSA) is 85.8 Å². The van der Waals surface area contributed by atoms with Gasteiger partial charge >= 0.3 is 0 Å². The van der Waals surface area contributed by atoms with Crippen molar-refractivity contribution in [3.63, 3.8) is 0 Å². The first-order valence-corrected chi connectivity index (χ1v) is 10.3. The summed E-state index contributed by atoms with van der Waals surface area (Å²) in [5.74, 6) is 0.752. The zero-order valence-electron chi connectivity index (χ0n) is 15.4. The minimum absolute atomic E-state index is 0.172. The molecule has 0 saturated heterocycles. The highest BCUT2D eigenvalue weighted by molar-refractivity contribution is 7.99. The number of thioether (sulfide) groups is 1. The summed E-state index contributed by atoms with van der Waals surface area (Å²) in [6.07, 6.45) is 0. The van der Waals surface area contributed by atoms with Crippen LogP contribution in [0.1, 0.15) is 12.5 Å². The van der Waals surface area contributed by atoms with Gasteiger partial charge in [-0.05, 0) is 32.0 Å². The van der Waals surface area contributed by atoms with Crippen molar-refractivity contribution >= 4 is 52.2 Å². The maximum atomic E-state index is 12.3. The van der Waals surface area contributed by atoms with Gasteiger partial charge in [-0.2, -0.15) is 0 Å². The number of nitrogens with two attached hydrogens (primary N) is 1. The summed E-state index contributed by atoms with van der Waals surface area (Å²) in [5, 5.41) is 12.6. The summed E-state index contributed by atoms with van der Waals surface area (Å²) in [5.41, 5.74) is 8.64. The summed E-state index contributed by atoms with van der Waals surface area (Å²) in [7, 11) is 0. The molecule has 0 fully saturated rings. The monoisotopic (exact) mass is 435 g/mol. The highest BCUT2D eigenvalue weighted by Gasteiger charge is 2.15. The second-order valence-electron chi connectivity index (χ2n) is 6.11. The van der Waals surface area contributed by atoms with Crippen LogP contribution in [0.3, 0.4) is 0 Å². The van der Waals surface area contributed by atoms with Crippen LogP contribution in [0, 0.1) is 6.92 Å². The quantitative estimate of drug-likeness (QED) is 0.424. The van der Waals surface area contributed by atoms with E-state index in [1.165, 1.54) is 11.8 Å². The normalized spacial score (nSPS) is 10.9. The Morgan fingerprint density at radius 1 is 1.21 bits per heavy atom. The maximum absolute atomic E-state index is 12.3. The van der Waals surface area contributed by atoms with E-state index in [1.54, 1.807) is 12.1 Å². The number of halogens is 2. The molecule has 3 N–H and O–H groups in total. The van der Waals surface area contributed by atoms with E-state index in [0.29, 0.717) is 27.4 Å². The van der Waals surface area contributed by atoms with Gasteiger partial charge < -0.3 is 15.6 Å². The molecule has 0 atom stereocenters. The Morgan fingerprint density at radius 3 is 2.57 bits per heavy atom. The molecule has 6 nitrogen and oxygen atoms in total. The Bertz CT molecular complexity index is 998. The van der Waals surface area contributed by atoms with Gasteiger partial charge in [0.2, 0.25) is 5.91 Å². The average molecular weight is 436 g/mol. The number of nitrogens with one attached hydrogen (secondary N) is 1. The highest BCUT2D eigenvalue weighted by atomic mass is 35.5. The van der Waals surface area contributed by atoms with E-state index < -0.39 is 0 Å². The Morgan fingerprint density at radius 2 is 1.93 bits per heavy atom. The van der Waals surface area contributed by atoms with E-state index in [2.05, 4.69) is 21.6 Å². The molecule has 2 aromatic carbocycles. The predicted octanol–water partition coefficient (Wildman–Crippen LogP) is 4.89. The second kappa shape index (κ2) is 8.86. The van der Waals surface area contributed by atoms with Gasteiger partial charge in [-0.25, -0.2) is 0 Å². The molecule has 0 aliphatic heterocycles. The van der Waals surface area contributed by atoms with Gasteiger partial charge in [0.15, 0.2) is 11.0 Å². The number of aryl methyl sites for hydroxylation is 1.